The predicted molar refractivity (Wildman–Crippen MR) is 72.8 cm³/mol. The van der Waals surface area contributed by atoms with Crippen molar-refractivity contribution in [1.82, 2.24) is 19.9 Å². The van der Waals surface area contributed by atoms with Crippen LogP contribution in [0.4, 0.5) is 4.39 Å². The summed E-state index contributed by atoms with van der Waals surface area (Å²) in [4.78, 5) is 16.0. The quantitative estimate of drug-likeness (QED) is 0.725. The predicted octanol–water partition coefficient (Wildman–Crippen LogP) is 2.70. The number of hydrogen-bond acceptors (Lipinski definition) is 5. The van der Waals surface area contributed by atoms with Gasteiger partial charge in [0, 0.05) is 4.90 Å². The van der Waals surface area contributed by atoms with Gasteiger partial charge in [-0.25, -0.2) is 19.3 Å². The second-order valence-electron chi connectivity index (χ2n) is 4.24. The highest BCUT2D eigenvalue weighted by Gasteiger charge is 2.14. The van der Waals surface area contributed by atoms with Crippen LogP contribution in [0, 0.1) is 5.82 Å². The van der Waals surface area contributed by atoms with Crippen molar-refractivity contribution in [3.63, 3.8) is 0 Å². The minimum atomic E-state index is -0.757. The molecule has 7 heteroatoms. The molecule has 0 saturated carbocycles. The monoisotopic (exact) mass is 290 g/mol. The molecule has 0 aliphatic heterocycles. The van der Waals surface area contributed by atoms with Gasteiger partial charge in [-0.05, 0) is 30.7 Å². The molecule has 2 N–H and O–H groups in total. The van der Waals surface area contributed by atoms with Crippen LogP contribution < -0.4 is 0 Å². The number of aromatic amines is 1. The minimum absolute atomic E-state index is 0.375. The summed E-state index contributed by atoms with van der Waals surface area (Å²) in [6.07, 6.45) is 2.22. The highest BCUT2D eigenvalue weighted by molar-refractivity contribution is 7.99. The van der Waals surface area contributed by atoms with Gasteiger partial charge in [0.05, 0.1) is 12.4 Å². The molecule has 3 aromatic rings. The number of aromatic nitrogens is 4. The van der Waals surface area contributed by atoms with Crippen LogP contribution >= 0.6 is 11.8 Å². The van der Waals surface area contributed by atoms with Gasteiger partial charge < -0.3 is 10.1 Å². The van der Waals surface area contributed by atoms with E-state index in [1.807, 2.05) is 0 Å². The summed E-state index contributed by atoms with van der Waals surface area (Å²) in [5.74, 6) is -0.375. The van der Waals surface area contributed by atoms with Crippen LogP contribution in [0.25, 0.3) is 11.2 Å². The van der Waals surface area contributed by atoms with Crippen molar-refractivity contribution in [2.45, 2.75) is 22.9 Å². The smallest absolute Gasteiger partial charge is 0.181 e. The standard InChI is InChI=1S/C13H11FN4OS/c1-7(19)9-4-8(14)2-3-10(9)20-13-11-12(16-5-15-11)17-6-18-13/h2-7,19H,1H3,(H,15,16,17,18). The van der Waals surface area contributed by atoms with E-state index in [0.29, 0.717) is 16.2 Å². The van der Waals surface area contributed by atoms with Crippen molar-refractivity contribution in [1.29, 1.82) is 0 Å². The van der Waals surface area contributed by atoms with E-state index in [4.69, 9.17) is 0 Å². The van der Waals surface area contributed by atoms with E-state index in [-0.39, 0.29) is 5.82 Å². The van der Waals surface area contributed by atoms with Crippen molar-refractivity contribution in [3.05, 3.63) is 42.2 Å². The number of nitrogens with zero attached hydrogens (tertiary/aromatic N) is 3. The number of halogens is 1. The average molecular weight is 290 g/mol. The molecule has 1 aromatic carbocycles. The van der Waals surface area contributed by atoms with E-state index in [9.17, 15) is 9.50 Å². The molecule has 5 nitrogen and oxygen atoms in total. The second kappa shape index (κ2) is 5.18. The maximum absolute atomic E-state index is 13.3. The van der Waals surface area contributed by atoms with E-state index in [0.717, 1.165) is 10.4 Å². The highest BCUT2D eigenvalue weighted by atomic mass is 32.2. The van der Waals surface area contributed by atoms with Crippen LogP contribution in [0.1, 0.15) is 18.6 Å². The van der Waals surface area contributed by atoms with Crippen LogP contribution in [0.3, 0.4) is 0 Å². The van der Waals surface area contributed by atoms with E-state index in [2.05, 4.69) is 19.9 Å². The number of aliphatic hydroxyl groups excluding tert-OH is 1. The van der Waals surface area contributed by atoms with Gasteiger partial charge in [-0.15, -0.1) is 0 Å². The van der Waals surface area contributed by atoms with Gasteiger partial charge in [0.1, 0.15) is 22.7 Å². The number of hydrogen-bond donors (Lipinski definition) is 2. The number of fused-ring (bicyclic) bond motifs is 1. The van der Waals surface area contributed by atoms with Crippen LogP contribution in [-0.4, -0.2) is 25.0 Å². The lowest BCUT2D eigenvalue weighted by atomic mass is 10.1. The minimum Gasteiger partial charge on any atom is -0.389 e. The Balaban J connectivity index is 2.05. The molecule has 1 unspecified atom stereocenters. The zero-order valence-corrected chi connectivity index (χ0v) is 11.4. The third-order valence-electron chi connectivity index (χ3n) is 2.82. The highest BCUT2D eigenvalue weighted by Crippen LogP contribution is 2.34. The Labute approximate surface area is 118 Å². The normalized spacial score (nSPS) is 12.8. The fraction of sp³-hybridized carbons (Fsp3) is 0.154. The van der Waals surface area contributed by atoms with Gasteiger partial charge in [0.15, 0.2) is 5.65 Å². The van der Waals surface area contributed by atoms with E-state index < -0.39 is 6.10 Å². The average Bonchev–Trinajstić information content (AvgIpc) is 2.90. The Kier molecular flexibility index (Phi) is 3.37. The molecule has 0 aliphatic carbocycles. The fourth-order valence-corrected chi connectivity index (χ4v) is 2.91. The summed E-state index contributed by atoms with van der Waals surface area (Å²) in [7, 11) is 0. The molecule has 0 amide bonds. The Bertz CT molecular complexity index is 759. The first-order chi connectivity index (χ1) is 9.65. The fourth-order valence-electron chi connectivity index (χ4n) is 1.86. The van der Waals surface area contributed by atoms with Crippen molar-refractivity contribution < 1.29 is 9.50 Å². The van der Waals surface area contributed by atoms with Crippen LogP contribution in [-0.2, 0) is 0 Å². The van der Waals surface area contributed by atoms with Crippen molar-refractivity contribution in [3.8, 4) is 0 Å². The molecule has 2 heterocycles. The molecule has 0 saturated heterocycles. The molecular formula is C13H11FN4OS. The second-order valence-corrected chi connectivity index (χ2v) is 5.27. The first-order valence-corrected chi connectivity index (χ1v) is 6.76. The van der Waals surface area contributed by atoms with Crippen LogP contribution in [0.15, 0.2) is 40.8 Å². The van der Waals surface area contributed by atoms with Gasteiger partial charge >= 0.3 is 0 Å². The number of benzene rings is 1. The van der Waals surface area contributed by atoms with Gasteiger partial charge in [0.2, 0.25) is 0 Å². The SMILES string of the molecule is CC(O)c1cc(F)ccc1Sc1ncnc2nc[nH]c12. The zero-order valence-electron chi connectivity index (χ0n) is 10.5. The topological polar surface area (TPSA) is 74.7 Å². The third-order valence-corrected chi connectivity index (χ3v) is 3.91. The van der Waals surface area contributed by atoms with E-state index in [1.54, 1.807) is 19.3 Å². The molecule has 0 fully saturated rings. The number of H-pyrrole nitrogens is 1. The summed E-state index contributed by atoms with van der Waals surface area (Å²) in [6, 6.07) is 4.32. The Morgan fingerprint density at radius 1 is 1.30 bits per heavy atom. The molecule has 0 bridgehead atoms. The summed E-state index contributed by atoms with van der Waals surface area (Å²) in [5, 5.41) is 10.4. The molecule has 20 heavy (non-hydrogen) atoms. The lowest BCUT2D eigenvalue weighted by Crippen LogP contribution is -1.96. The number of aliphatic hydroxyl groups is 1. The van der Waals surface area contributed by atoms with E-state index >= 15 is 0 Å². The van der Waals surface area contributed by atoms with Gasteiger partial charge in [0.25, 0.3) is 0 Å². The molecule has 0 spiro atoms. The number of nitrogens with one attached hydrogen (secondary N) is 1. The van der Waals surface area contributed by atoms with Crippen molar-refractivity contribution in [2.75, 3.05) is 0 Å². The van der Waals surface area contributed by atoms with Gasteiger partial charge in [-0.3, -0.25) is 0 Å². The van der Waals surface area contributed by atoms with Crippen LogP contribution in [0.5, 0.6) is 0 Å². The molecule has 0 radical (unpaired) electrons. The molecular weight excluding hydrogens is 279 g/mol. The summed E-state index contributed by atoms with van der Waals surface area (Å²) < 4.78 is 13.3. The maximum atomic E-state index is 13.3. The molecule has 3 rings (SSSR count). The maximum Gasteiger partial charge on any atom is 0.181 e. The third kappa shape index (κ3) is 2.37. The summed E-state index contributed by atoms with van der Waals surface area (Å²) in [5.41, 5.74) is 1.82. The Hall–Kier alpha value is -1.99. The molecule has 1 atom stereocenters. The first-order valence-electron chi connectivity index (χ1n) is 5.94. The molecule has 0 aliphatic rings. The van der Waals surface area contributed by atoms with Gasteiger partial charge in [-0.2, -0.15) is 0 Å². The Morgan fingerprint density at radius 2 is 2.15 bits per heavy atom. The largest absolute Gasteiger partial charge is 0.389 e. The van der Waals surface area contributed by atoms with E-state index in [1.165, 1.54) is 30.2 Å². The number of imidazole rings is 1. The lowest BCUT2D eigenvalue weighted by Gasteiger charge is -2.11. The molecule has 2 aromatic heterocycles. The van der Waals surface area contributed by atoms with Crippen molar-refractivity contribution in [2.24, 2.45) is 0 Å². The Morgan fingerprint density at radius 3 is 2.95 bits per heavy atom. The molecule has 102 valence electrons. The number of rotatable bonds is 3. The van der Waals surface area contributed by atoms with Crippen molar-refractivity contribution >= 4 is 22.9 Å². The summed E-state index contributed by atoms with van der Waals surface area (Å²) in [6.45, 7) is 1.60. The first kappa shape index (κ1) is 13.0. The summed E-state index contributed by atoms with van der Waals surface area (Å²) >= 11 is 1.34. The van der Waals surface area contributed by atoms with Gasteiger partial charge in [-0.1, -0.05) is 11.8 Å². The lowest BCUT2D eigenvalue weighted by molar-refractivity contribution is 0.196. The van der Waals surface area contributed by atoms with Crippen LogP contribution in [0.2, 0.25) is 0 Å². The zero-order chi connectivity index (χ0) is 14.1.